The van der Waals surface area contributed by atoms with Gasteiger partial charge in [0.2, 0.25) is 0 Å². The van der Waals surface area contributed by atoms with Crippen molar-refractivity contribution in [3.05, 3.63) is 33.3 Å². The smallest absolute Gasteiger partial charge is 0.0861 e. The van der Waals surface area contributed by atoms with E-state index in [9.17, 15) is 5.11 Å². The van der Waals surface area contributed by atoms with Crippen LogP contribution in [0.5, 0.6) is 0 Å². The monoisotopic (exact) mass is 343 g/mol. The number of rotatable bonds is 3. The first-order valence-electron chi connectivity index (χ1n) is 6.90. The first kappa shape index (κ1) is 13.9. The van der Waals surface area contributed by atoms with E-state index in [1.807, 2.05) is 18.2 Å². The zero-order chi connectivity index (χ0) is 13.6. The Balaban J connectivity index is 1.93. The zero-order valence-corrected chi connectivity index (χ0v) is 13.1. The molecule has 1 aromatic rings. The lowest BCUT2D eigenvalue weighted by Crippen LogP contribution is -2.41. The number of aliphatic hydroxyl groups is 1. The third-order valence-corrected chi connectivity index (χ3v) is 6.44. The molecule has 2 saturated carbocycles. The van der Waals surface area contributed by atoms with Gasteiger partial charge in [-0.3, -0.25) is 0 Å². The second-order valence-electron chi connectivity index (χ2n) is 6.09. The van der Waals surface area contributed by atoms with Crippen LogP contribution in [-0.4, -0.2) is 11.7 Å². The summed E-state index contributed by atoms with van der Waals surface area (Å²) in [6.07, 6.45) is 4.31. The van der Waals surface area contributed by atoms with E-state index in [0.29, 0.717) is 17.5 Å². The predicted octanol–water partition coefficient (Wildman–Crippen LogP) is 3.90. The highest BCUT2D eigenvalue weighted by atomic mass is 79.9. The van der Waals surface area contributed by atoms with Crippen molar-refractivity contribution in [1.82, 2.24) is 0 Å². The maximum absolute atomic E-state index is 10.9. The van der Waals surface area contributed by atoms with Gasteiger partial charge in [-0.05, 0) is 64.7 Å². The van der Waals surface area contributed by atoms with Crippen LogP contribution >= 0.6 is 27.5 Å². The molecule has 2 nitrogen and oxygen atoms in total. The molecular formula is C15H19BrClNO. The highest BCUT2D eigenvalue weighted by Gasteiger charge is 2.54. The minimum atomic E-state index is -0.501. The van der Waals surface area contributed by atoms with Crippen LogP contribution in [0.25, 0.3) is 0 Å². The molecule has 0 heterocycles. The average Bonchev–Trinajstić information content (AvgIpc) is 3.02. The Morgan fingerprint density at radius 3 is 2.79 bits per heavy atom. The van der Waals surface area contributed by atoms with E-state index in [-0.39, 0.29) is 5.41 Å². The SMILES string of the molecule is NCC1(C(O)c2ccc(Br)c(Cl)c2)CC2CCC1C2. The van der Waals surface area contributed by atoms with E-state index in [2.05, 4.69) is 15.9 Å². The van der Waals surface area contributed by atoms with Crippen molar-refractivity contribution in [3.63, 3.8) is 0 Å². The molecular weight excluding hydrogens is 326 g/mol. The minimum absolute atomic E-state index is 0.139. The van der Waals surface area contributed by atoms with E-state index in [1.54, 1.807) is 0 Å². The Bertz CT molecular complexity index is 495. The summed E-state index contributed by atoms with van der Waals surface area (Å²) in [6, 6.07) is 5.71. The Morgan fingerprint density at radius 1 is 1.47 bits per heavy atom. The van der Waals surface area contributed by atoms with Gasteiger partial charge in [0, 0.05) is 16.4 Å². The van der Waals surface area contributed by atoms with Crippen molar-refractivity contribution in [1.29, 1.82) is 0 Å². The van der Waals surface area contributed by atoms with Crippen molar-refractivity contribution in [3.8, 4) is 0 Å². The molecule has 0 aliphatic heterocycles. The third-order valence-electron chi connectivity index (χ3n) is 5.21. The second kappa shape index (κ2) is 5.03. The van der Waals surface area contributed by atoms with E-state index in [4.69, 9.17) is 17.3 Å². The van der Waals surface area contributed by atoms with E-state index in [0.717, 1.165) is 22.4 Å². The average molecular weight is 345 g/mol. The van der Waals surface area contributed by atoms with Gasteiger partial charge in [0.15, 0.2) is 0 Å². The fourth-order valence-corrected chi connectivity index (χ4v) is 4.63. The van der Waals surface area contributed by atoms with Crippen LogP contribution in [0.15, 0.2) is 22.7 Å². The quantitative estimate of drug-likeness (QED) is 0.873. The summed E-state index contributed by atoms with van der Waals surface area (Å²) in [7, 11) is 0. The van der Waals surface area contributed by atoms with Gasteiger partial charge in [-0.25, -0.2) is 0 Å². The molecule has 2 fully saturated rings. The van der Waals surface area contributed by atoms with Crippen LogP contribution in [0.4, 0.5) is 0 Å². The molecule has 19 heavy (non-hydrogen) atoms. The summed E-state index contributed by atoms with van der Waals surface area (Å²) >= 11 is 9.53. The minimum Gasteiger partial charge on any atom is -0.388 e. The molecule has 4 unspecified atom stereocenters. The largest absolute Gasteiger partial charge is 0.388 e. The Labute approximate surface area is 127 Å². The maximum Gasteiger partial charge on any atom is 0.0861 e. The Hall–Kier alpha value is -0.0900. The van der Waals surface area contributed by atoms with Crippen LogP contribution in [0.3, 0.4) is 0 Å². The lowest BCUT2D eigenvalue weighted by atomic mass is 9.67. The van der Waals surface area contributed by atoms with Gasteiger partial charge in [-0.2, -0.15) is 0 Å². The molecule has 2 aliphatic carbocycles. The number of hydrogen-bond acceptors (Lipinski definition) is 2. The van der Waals surface area contributed by atoms with Gasteiger partial charge in [0.05, 0.1) is 11.1 Å². The first-order chi connectivity index (χ1) is 9.06. The molecule has 1 aromatic carbocycles. The highest BCUT2D eigenvalue weighted by molar-refractivity contribution is 9.10. The van der Waals surface area contributed by atoms with Crippen molar-refractivity contribution in [2.45, 2.75) is 31.8 Å². The zero-order valence-electron chi connectivity index (χ0n) is 10.8. The van der Waals surface area contributed by atoms with E-state index < -0.39 is 6.10 Å². The van der Waals surface area contributed by atoms with E-state index in [1.165, 1.54) is 19.3 Å². The Kier molecular flexibility index (Phi) is 3.67. The molecule has 0 amide bonds. The number of hydrogen-bond donors (Lipinski definition) is 2. The normalized spacial score (nSPS) is 34.7. The lowest BCUT2D eigenvalue weighted by Gasteiger charge is -2.41. The molecule has 4 heteroatoms. The van der Waals surface area contributed by atoms with Crippen molar-refractivity contribution >= 4 is 27.5 Å². The fraction of sp³-hybridized carbons (Fsp3) is 0.600. The molecule has 0 radical (unpaired) electrons. The van der Waals surface area contributed by atoms with Gasteiger partial charge < -0.3 is 10.8 Å². The number of halogens is 2. The van der Waals surface area contributed by atoms with Crippen LogP contribution in [0.2, 0.25) is 5.02 Å². The number of nitrogens with two attached hydrogens (primary N) is 1. The van der Waals surface area contributed by atoms with Gasteiger partial charge in [-0.1, -0.05) is 24.1 Å². The van der Waals surface area contributed by atoms with Crippen molar-refractivity contribution in [2.24, 2.45) is 23.0 Å². The van der Waals surface area contributed by atoms with Crippen molar-refractivity contribution in [2.75, 3.05) is 6.54 Å². The highest BCUT2D eigenvalue weighted by Crippen LogP contribution is 2.60. The fourth-order valence-electron chi connectivity index (χ4n) is 4.20. The topological polar surface area (TPSA) is 46.2 Å². The molecule has 0 aromatic heterocycles. The number of benzene rings is 1. The molecule has 104 valence electrons. The van der Waals surface area contributed by atoms with Gasteiger partial charge in [0.1, 0.15) is 0 Å². The van der Waals surface area contributed by atoms with Crippen LogP contribution in [0.1, 0.15) is 37.4 Å². The van der Waals surface area contributed by atoms with Crippen molar-refractivity contribution < 1.29 is 5.11 Å². The summed E-state index contributed by atoms with van der Waals surface area (Å²) in [5, 5.41) is 11.5. The molecule has 3 rings (SSSR count). The van der Waals surface area contributed by atoms with Gasteiger partial charge >= 0.3 is 0 Å². The molecule has 4 atom stereocenters. The summed E-state index contributed by atoms with van der Waals surface area (Å²) < 4.78 is 0.861. The molecule has 3 N–H and O–H groups in total. The molecule has 2 aliphatic rings. The number of aliphatic hydroxyl groups excluding tert-OH is 1. The summed E-state index contributed by atoms with van der Waals surface area (Å²) in [4.78, 5) is 0. The third kappa shape index (κ3) is 2.15. The maximum atomic E-state index is 10.9. The van der Waals surface area contributed by atoms with Gasteiger partial charge in [0.25, 0.3) is 0 Å². The summed E-state index contributed by atoms with van der Waals surface area (Å²) in [5.41, 5.74) is 6.82. The van der Waals surface area contributed by atoms with Crippen LogP contribution in [-0.2, 0) is 0 Å². The molecule has 0 saturated heterocycles. The van der Waals surface area contributed by atoms with E-state index >= 15 is 0 Å². The second-order valence-corrected chi connectivity index (χ2v) is 7.36. The molecule has 2 bridgehead atoms. The summed E-state index contributed by atoms with van der Waals surface area (Å²) in [5.74, 6) is 1.33. The van der Waals surface area contributed by atoms with Gasteiger partial charge in [-0.15, -0.1) is 0 Å². The standard InChI is InChI=1S/C15H19BrClNO/c16-12-4-2-10(6-13(12)17)14(19)15(8-18)7-9-1-3-11(15)5-9/h2,4,6,9,11,14,19H,1,3,5,7-8,18H2. The number of fused-ring (bicyclic) bond motifs is 2. The first-order valence-corrected chi connectivity index (χ1v) is 8.07. The molecule has 0 spiro atoms. The van der Waals surface area contributed by atoms with Crippen LogP contribution in [0, 0.1) is 17.3 Å². The lowest BCUT2D eigenvalue weighted by molar-refractivity contribution is -0.0130. The Morgan fingerprint density at radius 2 is 2.26 bits per heavy atom. The van der Waals surface area contributed by atoms with Crippen LogP contribution < -0.4 is 5.73 Å². The predicted molar refractivity (Wildman–Crippen MR) is 81.0 cm³/mol. The summed E-state index contributed by atoms with van der Waals surface area (Å²) in [6.45, 7) is 0.559.